The lowest BCUT2D eigenvalue weighted by Gasteiger charge is -2.23. The van der Waals surface area contributed by atoms with Gasteiger partial charge in [-0.05, 0) is 26.8 Å². The van der Waals surface area contributed by atoms with Crippen molar-refractivity contribution in [2.75, 3.05) is 13.6 Å². The first-order valence-electron chi connectivity index (χ1n) is 4.70. The summed E-state index contributed by atoms with van der Waals surface area (Å²) in [4.78, 5) is 13.6. The van der Waals surface area contributed by atoms with Crippen LogP contribution in [-0.4, -0.2) is 29.8 Å². The molecule has 1 aliphatic carbocycles. The van der Waals surface area contributed by atoms with E-state index in [1.165, 1.54) is 12.8 Å². The van der Waals surface area contributed by atoms with Crippen LogP contribution in [0.5, 0.6) is 0 Å². The number of Topliss-reactive ketones (excluding diaryl/α,β-unsaturated/α-hetero) is 1. The number of likely N-dealkylation sites (N-methyl/N-ethyl adjacent to an activating group) is 1. The fraction of sp³-hybridized carbons (Fsp3) is 0.900. The first kappa shape index (κ1) is 9.72. The van der Waals surface area contributed by atoms with Crippen LogP contribution in [-0.2, 0) is 4.79 Å². The van der Waals surface area contributed by atoms with Crippen molar-refractivity contribution in [2.24, 2.45) is 5.92 Å². The zero-order chi connectivity index (χ0) is 9.35. The second-order valence-electron chi connectivity index (χ2n) is 4.47. The average Bonchev–Trinajstić information content (AvgIpc) is 2.69. The molecule has 2 heteroatoms. The lowest BCUT2D eigenvalue weighted by molar-refractivity contribution is -0.123. The molecule has 0 heterocycles. The Labute approximate surface area is 74.9 Å². The number of carbonyl (C=O) groups excluding carboxylic acids is 1. The first-order valence-corrected chi connectivity index (χ1v) is 4.70. The molecule has 0 bridgehead atoms. The number of ketones is 1. The van der Waals surface area contributed by atoms with Crippen molar-refractivity contribution in [1.82, 2.24) is 4.90 Å². The second-order valence-corrected chi connectivity index (χ2v) is 4.47. The summed E-state index contributed by atoms with van der Waals surface area (Å²) in [7, 11) is 2.05. The number of hydrogen-bond donors (Lipinski definition) is 0. The van der Waals surface area contributed by atoms with Gasteiger partial charge in [-0.3, -0.25) is 9.69 Å². The Morgan fingerprint density at radius 2 is 2.00 bits per heavy atom. The molecule has 12 heavy (non-hydrogen) atoms. The molecular weight excluding hydrogens is 150 g/mol. The topological polar surface area (TPSA) is 20.3 Å². The van der Waals surface area contributed by atoms with Crippen molar-refractivity contribution < 1.29 is 4.79 Å². The Hall–Kier alpha value is -0.370. The van der Waals surface area contributed by atoms with Crippen molar-refractivity contribution in [3.63, 3.8) is 0 Å². The van der Waals surface area contributed by atoms with E-state index >= 15 is 0 Å². The van der Waals surface area contributed by atoms with E-state index in [2.05, 4.69) is 11.8 Å². The van der Waals surface area contributed by atoms with Gasteiger partial charge >= 0.3 is 0 Å². The molecule has 0 aromatic rings. The lowest BCUT2D eigenvalue weighted by atomic mass is 10.1. The molecule has 1 rings (SSSR count). The largest absolute Gasteiger partial charge is 0.298 e. The molecule has 0 unspecified atom stereocenters. The van der Waals surface area contributed by atoms with Gasteiger partial charge in [-0.15, -0.1) is 0 Å². The predicted molar refractivity (Wildman–Crippen MR) is 50.1 cm³/mol. The van der Waals surface area contributed by atoms with Crippen LogP contribution in [0.1, 0.15) is 33.6 Å². The highest BCUT2D eigenvalue weighted by molar-refractivity contribution is 5.82. The van der Waals surface area contributed by atoms with Crippen molar-refractivity contribution in [3.05, 3.63) is 0 Å². The van der Waals surface area contributed by atoms with Crippen LogP contribution in [0, 0.1) is 5.92 Å². The van der Waals surface area contributed by atoms with Gasteiger partial charge in [0.1, 0.15) is 5.78 Å². The van der Waals surface area contributed by atoms with Gasteiger partial charge in [0.2, 0.25) is 0 Å². The average molecular weight is 169 g/mol. The quantitative estimate of drug-likeness (QED) is 0.638. The standard InChI is InChI=1S/C10H19NO/c1-8(2)9(12)7-11(4)10(3)5-6-10/h8H,5-7H2,1-4H3. The molecule has 0 atom stereocenters. The number of nitrogens with zero attached hydrogens (tertiary/aromatic N) is 1. The van der Waals surface area contributed by atoms with E-state index in [1.54, 1.807) is 0 Å². The zero-order valence-corrected chi connectivity index (χ0v) is 8.55. The fourth-order valence-corrected chi connectivity index (χ4v) is 1.17. The van der Waals surface area contributed by atoms with Gasteiger partial charge < -0.3 is 0 Å². The molecule has 0 N–H and O–H groups in total. The summed E-state index contributed by atoms with van der Waals surface area (Å²) in [5, 5.41) is 0. The minimum absolute atomic E-state index is 0.176. The van der Waals surface area contributed by atoms with Gasteiger partial charge in [0.15, 0.2) is 0 Å². The normalized spacial score (nSPS) is 20.2. The van der Waals surface area contributed by atoms with Crippen LogP contribution in [0.15, 0.2) is 0 Å². The van der Waals surface area contributed by atoms with Crippen LogP contribution in [0.3, 0.4) is 0 Å². The van der Waals surface area contributed by atoms with Crippen LogP contribution in [0.2, 0.25) is 0 Å². The summed E-state index contributed by atoms with van der Waals surface area (Å²) in [5.74, 6) is 0.528. The molecule has 0 aliphatic heterocycles. The number of hydrogen-bond acceptors (Lipinski definition) is 2. The Morgan fingerprint density at radius 3 is 2.33 bits per heavy atom. The van der Waals surface area contributed by atoms with E-state index in [-0.39, 0.29) is 5.92 Å². The van der Waals surface area contributed by atoms with E-state index < -0.39 is 0 Å². The summed E-state index contributed by atoms with van der Waals surface area (Å²) >= 11 is 0. The summed E-state index contributed by atoms with van der Waals surface area (Å²) in [6.45, 7) is 6.77. The maximum Gasteiger partial charge on any atom is 0.149 e. The molecule has 0 aromatic carbocycles. The van der Waals surface area contributed by atoms with Gasteiger partial charge in [-0.25, -0.2) is 0 Å². The highest BCUT2D eigenvalue weighted by Crippen LogP contribution is 2.39. The maximum atomic E-state index is 11.4. The third-order valence-corrected chi connectivity index (χ3v) is 2.93. The van der Waals surface area contributed by atoms with Crippen LogP contribution >= 0.6 is 0 Å². The predicted octanol–water partition coefficient (Wildman–Crippen LogP) is 1.70. The van der Waals surface area contributed by atoms with Gasteiger partial charge in [0.25, 0.3) is 0 Å². The first-order chi connectivity index (χ1) is 5.46. The van der Waals surface area contributed by atoms with E-state index in [9.17, 15) is 4.79 Å². The van der Waals surface area contributed by atoms with Crippen molar-refractivity contribution >= 4 is 5.78 Å². The summed E-state index contributed by atoms with van der Waals surface area (Å²) in [6, 6.07) is 0. The summed E-state index contributed by atoms with van der Waals surface area (Å²) in [6.07, 6.45) is 2.49. The van der Waals surface area contributed by atoms with Crippen LogP contribution < -0.4 is 0 Å². The van der Waals surface area contributed by atoms with Gasteiger partial charge in [-0.2, -0.15) is 0 Å². The Bertz CT molecular complexity index is 182. The van der Waals surface area contributed by atoms with E-state index in [4.69, 9.17) is 0 Å². The molecule has 1 saturated carbocycles. The number of carbonyl (C=O) groups is 1. The molecule has 0 amide bonds. The molecule has 0 spiro atoms. The molecule has 0 aromatic heterocycles. The lowest BCUT2D eigenvalue weighted by Crippen LogP contribution is -2.36. The molecular formula is C10H19NO. The Kier molecular flexibility index (Phi) is 2.57. The minimum atomic E-state index is 0.176. The second kappa shape index (κ2) is 3.17. The van der Waals surface area contributed by atoms with Gasteiger partial charge in [0.05, 0.1) is 6.54 Å². The fourth-order valence-electron chi connectivity index (χ4n) is 1.17. The maximum absolute atomic E-state index is 11.4. The molecule has 2 nitrogen and oxygen atoms in total. The van der Waals surface area contributed by atoms with Gasteiger partial charge in [0, 0.05) is 11.5 Å². The van der Waals surface area contributed by atoms with Crippen LogP contribution in [0.25, 0.3) is 0 Å². The molecule has 70 valence electrons. The molecule has 1 aliphatic rings. The Morgan fingerprint density at radius 1 is 1.50 bits per heavy atom. The van der Waals surface area contributed by atoms with Crippen molar-refractivity contribution in [3.8, 4) is 0 Å². The zero-order valence-electron chi connectivity index (χ0n) is 8.55. The Balaban J connectivity index is 2.36. The molecule has 1 fully saturated rings. The van der Waals surface area contributed by atoms with Crippen LogP contribution in [0.4, 0.5) is 0 Å². The highest BCUT2D eigenvalue weighted by Gasteiger charge is 2.41. The summed E-state index contributed by atoms with van der Waals surface area (Å²) in [5.41, 5.74) is 0.338. The highest BCUT2D eigenvalue weighted by atomic mass is 16.1. The summed E-state index contributed by atoms with van der Waals surface area (Å²) < 4.78 is 0. The monoisotopic (exact) mass is 169 g/mol. The van der Waals surface area contributed by atoms with Gasteiger partial charge in [-0.1, -0.05) is 13.8 Å². The molecule has 0 saturated heterocycles. The SMILES string of the molecule is CC(C)C(=O)CN(C)C1(C)CC1. The third-order valence-electron chi connectivity index (χ3n) is 2.93. The van der Waals surface area contributed by atoms with E-state index in [0.717, 1.165) is 0 Å². The number of rotatable bonds is 4. The van der Waals surface area contributed by atoms with Crippen molar-refractivity contribution in [1.29, 1.82) is 0 Å². The minimum Gasteiger partial charge on any atom is -0.298 e. The van der Waals surface area contributed by atoms with E-state index in [1.807, 2.05) is 20.9 Å². The van der Waals surface area contributed by atoms with E-state index in [0.29, 0.717) is 17.9 Å². The molecule has 0 radical (unpaired) electrons. The third kappa shape index (κ3) is 2.07. The smallest absolute Gasteiger partial charge is 0.149 e. The van der Waals surface area contributed by atoms with Crippen molar-refractivity contribution in [2.45, 2.75) is 39.2 Å².